The van der Waals surface area contributed by atoms with Crippen LogP contribution in [0.25, 0.3) is 0 Å². The fraction of sp³-hybridized carbons (Fsp3) is 0.517. The molecule has 0 bridgehead atoms. The van der Waals surface area contributed by atoms with Crippen LogP contribution in [-0.4, -0.2) is 35.2 Å². The maximum atomic E-state index is 13.3. The van der Waals surface area contributed by atoms with Gasteiger partial charge in [-0.3, -0.25) is 9.59 Å². The highest BCUT2D eigenvalue weighted by molar-refractivity contribution is 8.01. The van der Waals surface area contributed by atoms with Crippen LogP contribution in [0, 0.1) is 0 Å². The minimum Gasteiger partial charge on any atom is -0.466 e. The molecule has 0 spiro atoms. The lowest BCUT2D eigenvalue weighted by molar-refractivity contribution is -0.143. The minimum absolute atomic E-state index is 0.0208. The number of hydrogen-bond donors (Lipinski definition) is 0. The van der Waals surface area contributed by atoms with E-state index in [1.165, 1.54) is 0 Å². The van der Waals surface area contributed by atoms with Gasteiger partial charge < -0.3 is 14.4 Å². The van der Waals surface area contributed by atoms with Crippen molar-refractivity contribution in [2.45, 2.75) is 82.3 Å². The second-order valence-corrected chi connectivity index (χ2v) is 10.2. The van der Waals surface area contributed by atoms with E-state index in [1.54, 1.807) is 11.8 Å². The lowest BCUT2D eigenvalue weighted by atomic mass is 10.1. The summed E-state index contributed by atoms with van der Waals surface area (Å²) in [7, 11) is 0. The number of thioether (sulfide) groups is 1. The predicted molar refractivity (Wildman–Crippen MR) is 143 cm³/mol. The number of carbonyl (C=O) groups excluding carboxylic acids is 2. The Morgan fingerprint density at radius 3 is 2.43 bits per heavy atom. The number of esters is 1. The quantitative estimate of drug-likeness (QED) is 0.188. The van der Waals surface area contributed by atoms with Gasteiger partial charge in [-0.25, -0.2) is 0 Å². The van der Waals surface area contributed by atoms with Crippen LogP contribution in [-0.2, 0) is 14.3 Å². The zero-order chi connectivity index (χ0) is 24.9. The van der Waals surface area contributed by atoms with Crippen molar-refractivity contribution in [3.63, 3.8) is 0 Å². The molecule has 1 aliphatic rings. The summed E-state index contributed by atoms with van der Waals surface area (Å²) < 4.78 is 11.0. The van der Waals surface area contributed by atoms with Crippen molar-refractivity contribution < 1.29 is 19.1 Å². The molecule has 0 N–H and O–H groups in total. The molecule has 2 unspecified atom stereocenters. The second-order valence-electron chi connectivity index (χ2n) is 8.96. The van der Waals surface area contributed by atoms with Crippen molar-refractivity contribution >= 4 is 23.6 Å². The van der Waals surface area contributed by atoms with Gasteiger partial charge in [0, 0.05) is 13.0 Å². The van der Waals surface area contributed by atoms with E-state index >= 15 is 0 Å². The Hall–Kier alpha value is -2.47. The molecule has 1 aliphatic heterocycles. The third kappa shape index (κ3) is 8.60. The molecule has 1 fully saturated rings. The van der Waals surface area contributed by atoms with Gasteiger partial charge in [0.05, 0.1) is 11.9 Å². The van der Waals surface area contributed by atoms with Gasteiger partial charge in [0.2, 0.25) is 5.91 Å². The summed E-state index contributed by atoms with van der Waals surface area (Å²) in [6, 6.07) is 17.9. The highest BCUT2D eigenvalue weighted by Gasteiger charge is 2.40. The molecule has 2 aromatic rings. The summed E-state index contributed by atoms with van der Waals surface area (Å²) in [5.74, 6) is 1.76. The Balaban J connectivity index is 1.58. The van der Waals surface area contributed by atoms with Crippen LogP contribution in [0.3, 0.4) is 0 Å². The van der Waals surface area contributed by atoms with Gasteiger partial charge in [-0.15, -0.1) is 11.8 Å². The number of unbranched alkanes of at least 4 members (excludes halogenated alkanes) is 5. The Labute approximate surface area is 214 Å². The number of para-hydroxylation sites is 1. The summed E-state index contributed by atoms with van der Waals surface area (Å²) in [5, 5.41) is 0.0516. The van der Waals surface area contributed by atoms with E-state index in [9.17, 15) is 9.59 Å². The van der Waals surface area contributed by atoms with Crippen molar-refractivity contribution in [2.24, 2.45) is 0 Å². The van der Waals surface area contributed by atoms with E-state index in [0.29, 0.717) is 13.0 Å². The van der Waals surface area contributed by atoms with Crippen LogP contribution < -0.4 is 4.74 Å². The molecule has 5 nitrogen and oxygen atoms in total. The number of nitrogens with zero attached hydrogens (tertiary/aromatic N) is 1. The highest BCUT2D eigenvalue weighted by Crippen LogP contribution is 2.45. The van der Waals surface area contributed by atoms with Crippen molar-refractivity contribution in [2.75, 3.05) is 13.2 Å². The third-order valence-electron chi connectivity index (χ3n) is 6.16. The van der Waals surface area contributed by atoms with Gasteiger partial charge in [0.1, 0.15) is 16.9 Å². The topological polar surface area (TPSA) is 55.8 Å². The number of hydrogen-bond acceptors (Lipinski definition) is 5. The largest absolute Gasteiger partial charge is 0.466 e. The predicted octanol–water partition coefficient (Wildman–Crippen LogP) is 7.52. The molecule has 1 saturated heterocycles. The summed E-state index contributed by atoms with van der Waals surface area (Å²) in [4.78, 5) is 26.8. The molecule has 2 aromatic carbocycles. The molecular formula is C29H39NO4S. The first-order valence-electron chi connectivity index (χ1n) is 13.1. The van der Waals surface area contributed by atoms with Crippen LogP contribution in [0.5, 0.6) is 11.5 Å². The molecule has 6 heteroatoms. The normalized spacial score (nSPS) is 17.5. The van der Waals surface area contributed by atoms with E-state index in [-0.39, 0.29) is 22.5 Å². The molecule has 35 heavy (non-hydrogen) atoms. The molecule has 3 rings (SSSR count). The van der Waals surface area contributed by atoms with Crippen molar-refractivity contribution in [3.8, 4) is 11.5 Å². The van der Waals surface area contributed by atoms with Crippen LogP contribution >= 0.6 is 11.8 Å². The average Bonchev–Trinajstić information content (AvgIpc) is 3.18. The molecule has 0 aliphatic carbocycles. The lowest BCUT2D eigenvalue weighted by Crippen LogP contribution is -2.32. The summed E-state index contributed by atoms with van der Waals surface area (Å²) >= 11 is 1.78. The van der Waals surface area contributed by atoms with Gasteiger partial charge in [-0.05, 0) is 56.0 Å². The number of carbonyl (C=O) groups is 2. The van der Waals surface area contributed by atoms with Crippen molar-refractivity contribution in [3.05, 3.63) is 60.2 Å². The minimum atomic E-state index is -0.105. The van der Waals surface area contributed by atoms with Crippen LogP contribution in [0.1, 0.15) is 82.6 Å². The number of rotatable bonds is 15. The van der Waals surface area contributed by atoms with Gasteiger partial charge in [-0.1, -0.05) is 69.4 Å². The standard InChI is InChI=1S/C29H39NO4S/c1-3-5-19-26-28(32)30(21-13-8-6-7-12-20-27(31)33-4-2)29(35-26)23-15-14-18-25(22-23)34-24-16-10-9-11-17-24/h9-11,14-18,22,26,29H,3-8,12-13,19-21H2,1-2H3. The summed E-state index contributed by atoms with van der Waals surface area (Å²) in [6.45, 7) is 5.22. The molecule has 0 radical (unpaired) electrons. The third-order valence-corrected chi connectivity index (χ3v) is 7.71. The SMILES string of the molecule is CCCCC1SC(c2cccc(Oc3ccccc3)c2)N(CCCCCCCC(=O)OCC)C1=O. The zero-order valence-electron chi connectivity index (χ0n) is 21.1. The number of ether oxygens (including phenoxy) is 2. The van der Waals surface area contributed by atoms with E-state index in [4.69, 9.17) is 9.47 Å². The van der Waals surface area contributed by atoms with E-state index < -0.39 is 0 Å². The maximum absolute atomic E-state index is 13.3. The molecular weight excluding hydrogens is 458 g/mol. The van der Waals surface area contributed by atoms with Crippen molar-refractivity contribution in [1.82, 2.24) is 4.90 Å². The van der Waals surface area contributed by atoms with Gasteiger partial charge in [-0.2, -0.15) is 0 Å². The highest BCUT2D eigenvalue weighted by atomic mass is 32.2. The first-order valence-corrected chi connectivity index (χ1v) is 14.0. The lowest BCUT2D eigenvalue weighted by Gasteiger charge is -2.24. The van der Waals surface area contributed by atoms with Crippen LogP contribution in [0.2, 0.25) is 0 Å². The van der Waals surface area contributed by atoms with Gasteiger partial charge in [0.25, 0.3) is 0 Å². The average molecular weight is 498 g/mol. The van der Waals surface area contributed by atoms with Crippen LogP contribution in [0.4, 0.5) is 0 Å². The zero-order valence-corrected chi connectivity index (χ0v) is 21.9. The summed E-state index contributed by atoms with van der Waals surface area (Å²) in [5.41, 5.74) is 1.12. The molecule has 1 heterocycles. The van der Waals surface area contributed by atoms with Crippen LogP contribution in [0.15, 0.2) is 54.6 Å². The first kappa shape index (κ1) is 27.1. The van der Waals surface area contributed by atoms with Gasteiger partial charge >= 0.3 is 5.97 Å². The van der Waals surface area contributed by atoms with Crippen molar-refractivity contribution in [1.29, 1.82) is 0 Å². The second kappa shape index (κ2) is 14.8. The Morgan fingerprint density at radius 2 is 1.66 bits per heavy atom. The molecule has 2 atom stereocenters. The molecule has 0 aromatic heterocycles. The van der Waals surface area contributed by atoms with Gasteiger partial charge in [0.15, 0.2) is 0 Å². The van der Waals surface area contributed by atoms with E-state index in [2.05, 4.69) is 24.0 Å². The fourth-order valence-corrected chi connectivity index (χ4v) is 5.85. The number of benzene rings is 2. The molecule has 0 saturated carbocycles. The smallest absolute Gasteiger partial charge is 0.305 e. The summed E-state index contributed by atoms with van der Waals surface area (Å²) in [6.07, 6.45) is 8.58. The first-order chi connectivity index (χ1) is 17.1. The monoisotopic (exact) mass is 497 g/mol. The number of amides is 1. The Bertz CT molecular complexity index is 920. The molecule has 190 valence electrons. The Kier molecular flexibility index (Phi) is 11.5. The Morgan fingerprint density at radius 1 is 0.914 bits per heavy atom. The van der Waals surface area contributed by atoms with E-state index in [1.807, 2.05) is 49.4 Å². The maximum Gasteiger partial charge on any atom is 0.305 e. The fourth-order valence-electron chi connectivity index (χ4n) is 4.33. The van der Waals surface area contributed by atoms with E-state index in [0.717, 1.165) is 75.0 Å². The molecule has 1 amide bonds.